The molecule has 2 atom stereocenters. The summed E-state index contributed by atoms with van der Waals surface area (Å²) in [5, 5.41) is 5.79. The molecule has 0 aromatic carbocycles. The molecule has 1 heterocycles. The van der Waals surface area contributed by atoms with E-state index in [4.69, 9.17) is 0 Å². The highest BCUT2D eigenvalue weighted by Crippen LogP contribution is 2.58. The predicted octanol–water partition coefficient (Wildman–Crippen LogP) is 4.21. The van der Waals surface area contributed by atoms with E-state index < -0.39 is 0 Å². The first-order chi connectivity index (χ1) is 7.06. The van der Waals surface area contributed by atoms with Crippen molar-refractivity contribution in [1.29, 1.82) is 0 Å². The third-order valence-electron chi connectivity index (χ3n) is 3.34. The lowest BCUT2D eigenvalue weighted by molar-refractivity contribution is 0.427. The molecule has 84 valence electrons. The Balaban J connectivity index is 2.18. The number of hydrogen-bond donors (Lipinski definition) is 1. The van der Waals surface area contributed by atoms with Crippen molar-refractivity contribution in [2.75, 3.05) is 6.54 Å². The lowest BCUT2D eigenvalue weighted by Gasteiger charge is -2.19. The van der Waals surface area contributed by atoms with Gasteiger partial charge in [0.1, 0.15) is 0 Å². The molecule has 3 heteroatoms. The molecule has 0 saturated heterocycles. The molecule has 15 heavy (non-hydrogen) atoms. The summed E-state index contributed by atoms with van der Waals surface area (Å²) in [4.78, 5) is 1.47. The van der Waals surface area contributed by atoms with Gasteiger partial charge in [-0.15, -0.1) is 11.3 Å². The van der Waals surface area contributed by atoms with Crippen LogP contribution in [0.4, 0.5) is 0 Å². The van der Waals surface area contributed by atoms with E-state index in [2.05, 4.69) is 53.5 Å². The third kappa shape index (κ3) is 2.29. The van der Waals surface area contributed by atoms with Crippen LogP contribution in [0.25, 0.3) is 0 Å². The van der Waals surface area contributed by atoms with Crippen LogP contribution in [-0.4, -0.2) is 6.54 Å². The van der Waals surface area contributed by atoms with E-state index in [1.165, 1.54) is 15.8 Å². The molecule has 2 rings (SSSR count). The summed E-state index contributed by atoms with van der Waals surface area (Å²) in [5.74, 6) is 0.799. The van der Waals surface area contributed by atoms with Crippen LogP contribution in [0.3, 0.4) is 0 Å². The highest BCUT2D eigenvalue weighted by atomic mass is 79.9. The van der Waals surface area contributed by atoms with Gasteiger partial charge in [-0.3, -0.25) is 0 Å². The summed E-state index contributed by atoms with van der Waals surface area (Å²) in [6, 6.07) is 2.69. The molecule has 1 aromatic heterocycles. The molecule has 1 N–H and O–H groups in total. The molecular weight excluding hydrogens is 270 g/mol. The second kappa shape index (κ2) is 4.19. The van der Waals surface area contributed by atoms with Gasteiger partial charge in [0, 0.05) is 15.4 Å². The van der Waals surface area contributed by atoms with Gasteiger partial charge in [-0.2, -0.15) is 0 Å². The van der Waals surface area contributed by atoms with Gasteiger partial charge in [0.2, 0.25) is 0 Å². The second-order valence-electron chi connectivity index (χ2n) is 4.97. The van der Waals surface area contributed by atoms with Crippen LogP contribution in [0.2, 0.25) is 0 Å². The summed E-state index contributed by atoms with van der Waals surface area (Å²) in [5.41, 5.74) is 0.524. The average molecular weight is 288 g/mol. The predicted molar refractivity (Wildman–Crippen MR) is 70.3 cm³/mol. The Morgan fingerprint density at radius 2 is 2.33 bits per heavy atom. The van der Waals surface area contributed by atoms with Gasteiger partial charge in [0.25, 0.3) is 0 Å². The Morgan fingerprint density at radius 3 is 2.73 bits per heavy atom. The van der Waals surface area contributed by atoms with Gasteiger partial charge in [-0.1, -0.05) is 20.8 Å². The van der Waals surface area contributed by atoms with Gasteiger partial charge in [0.05, 0.1) is 0 Å². The van der Waals surface area contributed by atoms with E-state index in [1.807, 2.05) is 11.3 Å². The zero-order valence-electron chi connectivity index (χ0n) is 9.51. The highest BCUT2D eigenvalue weighted by Gasteiger charge is 2.50. The topological polar surface area (TPSA) is 12.0 Å². The quantitative estimate of drug-likeness (QED) is 0.875. The van der Waals surface area contributed by atoms with Gasteiger partial charge in [-0.05, 0) is 51.7 Å². The SMILES string of the molecule is CCNC(c1sccc1Br)C1CC1(C)C. The summed E-state index contributed by atoms with van der Waals surface area (Å²) >= 11 is 5.50. The van der Waals surface area contributed by atoms with Crippen LogP contribution in [0.5, 0.6) is 0 Å². The molecule has 0 aliphatic heterocycles. The van der Waals surface area contributed by atoms with Crippen molar-refractivity contribution in [1.82, 2.24) is 5.32 Å². The van der Waals surface area contributed by atoms with Crippen LogP contribution in [0.15, 0.2) is 15.9 Å². The second-order valence-corrected chi connectivity index (χ2v) is 6.77. The molecule has 0 bridgehead atoms. The van der Waals surface area contributed by atoms with Crippen molar-refractivity contribution in [3.63, 3.8) is 0 Å². The molecule has 0 spiro atoms. The van der Waals surface area contributed by atoms with Gasteiger partial charge >= 0.3 is 0 Å². The number of hydrogen-bond acceptors (Lipinski definition) is 2. The van der Waals surface area contributed by atoms with E-state index in [0.717, 1.165) is 12.5 Å². The molecule has 2 unspecified atom stereocenters. The van der Waals surface area contributed by atoms with Crippen molar-refractivity contribution in [2.45, 2.75) is 33.2 Å². The fraction of sp³-hybridized carbons (Fsp3) is 0.667. The lowest BCUT2D eigenvalue weighted by atomic mass is 10.0. The molecule has 1 aromatic rings. The summed E-state index contributed by atoms with van der Waals surface area (Å²) in [6.07, 6.45) is 1.34. The molecule has 0 radical (unpaired) electrons. The first-order valence-corrected chi connectivity index (χ1v) is 7.20. The third-order valence-corrected chi connectivity index (χ3v) is 5.30. The Morgan fingerprint density at radius 1 is 1.67 bits per heavy atom. The lowest BCUT2D eigenvalue weighted by Crippen LogP contribution is -2.23. The maximum atomic E-state index is 3.64. The van der Waals surface area contributed by atoms with Crippen molar-refractivity contribution in [2.24, 2.45) is 11.3 Å². The first-order valence-electron chi connectivity index (χ1n) is 5.52. The monoisotopic (exact) mass is 287 g/mol. The fourth-order valence-electron chi connectivity index (χ4n) is 2.24. The molecule has 1 saturated carbocycles. The zero-order valence-corrected chi connectivity index (χ0v) is 11.9. The largest absolute Gasteiger partial charge is 0.309 e. The van der Waals surface area contributed by atoms with E-state index in [1.54, 1.807) is 0 Å². The van der Waals surface area contributed by atoms with Crippen LogP contribution in [-0.2, 0) is 0 Å². The first kappa shape index (κ1) is 11.6. The van der Waals surface area contributed by atoms with Crippen LogP contribution < -0.4 is 5.32 Å². The molecule has 1 aliphatic carbocycles. The van der Waals surface area contributed by atoms with Gasteiger partial charge in [-0.25, -0.2) is 0 Å². The molecule has 1 aliphatic rings. The normalized spacial score (nSPS) is 25.2. The standard InChI is InChI=1S/C12H18BrNS/c1-4-14-10(8-7-12(8,2)3)11-9(13)5-6-15-11/h5-6,8,10,14H,4,7H2,1-3H3. The molecule has 0 amide bonds. The van der Waals surface area contributed by atoms with E-state index in [9.17, 15) is 0 Å². The zero-order chi connectivity index (χ0) is 11.1. The van der Waals surface area contributed by atoms with Crippen LogP contribution >= 0.6 is 27.3 Å². The van der Waals surface area contributed by atoms with Crippen molar-refractivity contribution < 1.29 is 0 Å². The Labute approximate surface area is 104 Å². The maximum Gasteiger partial charge on any atom is 0.0460 e. The molecule has 1 nitrogen and oxygen atoms in total. The summed E-state index contributed by atoms with van der Waals surface area (Å²) in [7, 11) is 0. The number of thiophene rings is 1. The number of halogens is 1. The average Bonchev–Trinajstić information content (AvgIpc) is 2.57. The van der Waals surface area contributed by atoms with Crippen molar-refractivity contribution in [3.8, 4) is 0 Å². The summed E-state index contributed by atoms with van der Waals surface area (Å²) in [6.45, 7) is 7.96. The fourth-order valence-corrected chi connectivity index (χ4v) is 4.00. The van der Waals surface area contributed by atoms with E-state index in [-0.39, 0.29) is 0 Å². The molecular formula is C12H18BrNS. The minimum Gasteiger partial charge on any atom is -0.309 e. The van der Waals surface area contributed by atoms with Crippen molar-refractivity contribution in [3.05, 3.63) is 20.8 Å². The summed E-state index contributed by atoms with van der Waals surface area (Å²) < 4.78 is 1.26. The number of nitrogens with one attached hydrogen (secondary N) is 1. The van der Waals surface area contributed by atoms with E-state index in [0.29, 0.717) is 11.5 Å². The van der Waals surface area contributed by atoms with Gasteiger partial charge < -0.3 is 5.32 Å². The smallest absolute Gasteiger partial charge is 0.0460 e. The Kier molecular flexibility index (Phi) is 3.25. The van der Waals surface area contributed by atoms with Crippen LogP contribution in [0, 0.1) is 11.3 Å². The van der Waals surface area contributed by atoms with Crippen molar-refractivity contribution >= 4 is 27.3 Å². The molecule has 1 fully saturated rings. The maximum absolute atomic E-state index is 3.64. The van der Waals surface area contributed by atoms with Gasteiger partial charge in [0.15, 0.2) is 0 Å². The minimum atomic E-state index is 0.524. The number of rotatable bonds is 4. The highest BCUT2D eigenvalue weighted by molar-refractivity contribution is 9.10. The minimum absolute atomic E-state index is 0.524. The Hall–Kier alpha value is 0.140. The Bertz CT molecular complexity index is 345. The van der Waals surface area contributed by atoms with E-state index >= 15 is 0 Å². The van der Waals surface area contributed by atoms with Crippen LogP contribution in [0.1, 0.15) is 38.1 Å².